The molecule has 1 saturated heterocycles. The maximum atomic E-state index is 4.43. The molecule has 2 rings (SSSR count). The second kappa shape index (κ2) is 4.75. The van der Waals surface area contributed by atoms with Crippen molar-refractivity contribution >= 4 is 0 Å². The molecule has 1 aliphatic heterocycles. The molecule has 1 aromatic heterocycles. The molecule has 0 unspecified atom stereocenters. The van der Waals surface area contributed by atoms with E-state index in [2.05, 4.69) is 36.3 Å². The van der Waals surface area contributed by atoms with Gasteiger partial charge in [-0.05, 0) is 37.3 Å². The zero-order chi connectivity index (χ0) is 10.7. The van der Waals surface area contributed by atoms with Crippen molar-refractivity contribution < 1.29 is 0 Å². The Balaban J connectivity index is 2.05. The molecule has 2 atom stereocenters. The predicted molar refractivity (Wildman–Crippen MR) is 62.6 cm³/mol. The first-order chi connectivity index (χ1) is 7.27. The van der Waals surface area contributed by atoms with E-state index in [1.54, 1.807) is 0 Å². The molecule has 2 nitrogen and oxygen atoms in total. The number of pyridine rings is 1. The van der Waals surface area contributed by atoms with Gasteiger partial charge in [0.15, 0.2) is 0 Å². The summed E-state index contributed by atoms with van der Waals surface area (Å²) in [6, 6.07) is 7.30. The molecule has 0 aliphatic carbocycles. The Bertz CT molecular complexity index is 295. The largest absolute Gasteiger partial charge is 0.306 e. The van der Waals surface area contributed by atoms with Gasteiger partial charge < -0.3 is 5.32 Å². The highest BCUT2D eigenvalue weighted by atomic mass is 15.0. The van der Waals surface area contributed by atoms with Gasteiger partial charge in [0.25, 0.3) is 0 Å². The van der Waals surface area contributed by atoms with Crippen molar-refractivity contribution in [2.45, 2.75) is 45.2 Å². The maximum Gasteiger partial charge on any atom is 0.0573 e. The molecule has 1 aliphatic rings. The first-order valence-corrected chi connectivity index (χ1v) is 5.94. The third-order valence-corrected chi connectivity index (χ3v) is 3.27. The molecule has 0 radical (unpaired) electrons. The summed E-state index contributed by atoms with van der Waals surface area (Å²) in [5.41, 5.74) is 1.20. The average molecular weight is 204 g/mol. The molecule has 1 fully saturated rings. The van der Waals surface area contributed by atoms with Crippen LogP contribution in [0.4, 0.5) is 0 Å². The van der Waals surface area contributed by atoms with Gasteiger partial charge in [-0.2, -0.15) is 0 Å². The quantitative estimate of drug-likeness (QED) is 0.801. The number of aromatic nitrogens is 1. The van der Waals surface area contributed by atoms with Gasteiger partial charge >= 0.3 is 0 Å². The highest BCUT2D eigenvalue weighted by Gasteiger charge is 2.24. The third kappa shape index (κ3) is 2.57. The van der Waals surface area contributed by atoms with Crippen LogP contribution < -0.4 is 5.32 Å². The van der Waals surface area contributed by atoms with Crippen LogP contribution in [0.25, 0.3) is 0 Å². The van der Waals surface area contributed by atoms with Gasteiger partial charge in [0.05, 0.1) is 5.69 Å². The third-order valence-electron chi connectivity index (χ3n) is 3.27. The number of hydrogen-bond acceptors (Lipinski definition) is 2. The Kier molecular flexibility index (Phi) is 3.37. The van der Waals surface area contributed by atoms with Crippen molar-refractivity contribution in [2.24, 2.45) is 5.92 Å². The van der Waals surface area contributed by atoms with Crippen LogP contribution in [0.5, 0.6) is 0 Å². The molecule has 1 aromatic rings. The molecule has 1 N–H and O–H groups in total. The van der Waals surface area contributed by atoms with Gasteiger partial charge in [-0.3, -0.25) is 4.98 Å². The minimum absolute atomic E-state index is 0.465. The van der Waals surface area contributed by atoms with Crippen LogP contribution in [0.2, 0.25) is 0 Å². The summed E-state index contributed by atoms with van der Waals surface area (Å²) in [4.78, 5) is 4.43. The maximum absolute atomic E-state index is 4.43. The fourth-order valence-corrected chi connectivity index (χ4v) is 2.31. The van der Waals surface area contributed by atoms with Crippen LogP contribution >= 0.6 is 0 Å². The molecule has 2 heterocycles. The molecule has 0 spiro atoms. The van der Waals surface area contributed by atoms with Crippen LogP contribution in [0.15, 0.2) is 24.4 Å². The Morgan fingerprint density at radius 2 is 2.20 bits per heavy atom. The first kappa shape index (κ1) is 10.6. The van der Waals surface area contributed by atoms with Crippen molar-refractivity contribution in [3.63, 3.8) is 0 Å². The van der Waals surface area contributed by atoms with Crippen LogP contribution in [-0.2, 0) is 0 Å². The molecule has 0 amide bonds. The van der Waals surface area contributed by atoms with Crippen molar-refractivity contribution in [3.8, 4) is 0 Å². The zero-order valence-corrected chi connectivity index (χ0v) is 9.61. The molecular formula is C13H20N2. The summed E-state index contributed by atoms with van der Waals surface area (Å²) in [5.74, 6) is 0.719. The topological polar surface area (TPSA) is 24.9 Å². The number of rotatable bonds is 2. The number of nitrogens with one attached hydrogen (secondary N) is 1. The lowest BCUT2D eigenvalue weighted by molar-refractivity contribution is 0.268. The van der Waals surface area contributed by atoms with Crippen molar-refractivity contribution in [2.75, 3.05) is 0 Å². The highest BCUT2D eigenvalue weighted by molar-refractivity contribution is 5.09. The summed E-state index contributed by atoms with van der Waals surface area (Å²) in [7, 11) is 0. The lowest BCUT2D eigenvalue weighted by Gasteiger charge is -2.33. The minimum atomic E-state index is 0.465. The van der Waals surface area contributed by atoms with E-state index in [-0.39, 0.29) is 0 Å². The SMILES string of the molecule is CC(C)[C@@H]1CCC[C@H](c2ccccn2)N1. The second-order valence-electron chi connectivity index (χ2n) is 4.76. The van der Waals surface area contributed by atoms with E-state index >= 15 is 0 Å². The van der Waals surface area contributed by atoms with E-state index in [4.69, 9.17) is 0 Å². The summed E-state index contributed by atoms with van der Waals surface area (Å²) in [6.45, 7) is 4.58. The summed E-state index contributed by atoms with van der Waals surface area (Å²) in [6.07, 6.45) is 5.73. The highest BCUT2D eigenvalue weighted by Crippen LogP contribution is 2.26. The number of hydrogen-bond donors (Lipinski definition) is 1. The van der Waals surface area contributed by atoms with Gasteiger partial charge in [0, 0.05) is 18.3 Å². The van der Waals surface area contributed by atoms with Gasteiger partial charge in [-0.1, -0.05) is 19.9 Å². The van der Waals surface area contributed by atoms with Crippen molar-refractivity contribution in [3.05, 3.63) is 30.1 Å². The van der Waals surface area contributed by atoms with E-state index in [1.807, 2.05) is 12.3 Å². The lowest BCUT2D eigenvalue weighted by Crippen LogP contribution is -2.40. The summed E-state index contributed by atoms with van der Waals surface area (Å²) < 4.78 is 0. The Morgan fingerprint density at radius 3 is 2.87 bits per heavy atom. The molecule has 0 bridgehead atoms. The fourth-order valence-electron chi connectivity index (χ4n) is 2.31. The summed E-state index contributed by atoms with van der Waals surface area (Å²) in [5, 5.41) is 3.71. The van der Waals surface area contributed by atoms with Crippen LogP contribution in [0.3, 0.4) is 0 Å². The summed E-state index contributed by atoms with van der Waals surface area (Å²) >= 11 is 0. The van der Waals surface area contributed by atoms with E-state index in [1.165, 1.54) is 25.0 Å². The average Bonchev–Trinajstić information content (AvgIpc) is 2.30. The Morgan fingerprint density at radius 1 is 1.33 bits per heavy atom. The van der Waals surface area contributed by atoms with Crippen molar-refractivity contribution in [1.29, 1.82) is 0 Å². The molecular weight excluding hydrogens is 184 g/mol. The fraction of sp³-hybridized carbons (Fsp3) is 0.615. The van der Waals surface area contributed by atoms with Crippen LogP contribution in [0, 0.1) is 5.92 Å². The molecule has 82 valence electrons. The standard InChI is InChI=1S/C13H20N2/c1-10(2)11-7-5-8-13(15-11)12-6-3-4-9-14-12/h3-4,6,9-11,13,15H,5,7-8H2,1-2H3/t11-,13+/m0/s1. The smallest absolute Gasteiger partial charge is 0.0573 e. The normalized spacial score (nSPS) is 26.9. The number of nitrogens with zero attached hydrogens (tertiary/aromatic N) is 1. The predicted octanol–water partition coefficient (Wildman–Crippen LogP) is 2.92. The van der Waals surface area contributed by atoms with Gasteiger partial charge in [0.2, 0.25) is 0 Å². The van der Waals surface area contributed by atoms with E-state index < -0.39 is 0 Å². The van der Waals surface area contributed by atoms with Gasteiger partial charge in [0.1, 0.15) is 0 Å². The van der Waals surface area contributed by atoms with Crippen LogP contribution in [0.1, 0.15) is 44.8 Å². The molecule has 2 heteroatoms. The van der Waals surface area contributed by atoms with E-state index in [0.29, 0.717) is 12.1 Å². The van der Waals surface area contributed by atoms with Crippen LogP contribution in [-0.4, -0.2) is 11.0 Å². The molecule has 0 aromatic carbocycles. The van der Waals surface area contributed by atoms with E-state index in [0.717, 1.165) is 5.92 Å². The Hall–Kier alpha value is -0.890. The number of piperidine rings is 1. The monoisotopic (exact) mass is 204 g/mol. The molecule has 0 saturated carbocycles. The first-order valence-electron chi connectivity index (χ1n) is 5.94. The van der Waals surface area contributed by atoms with E-state index in [9.17, 15) is 0 Å². The van der Waals surface area contributed by atoms with Gasteiger partial charge in [-0.15, -0.1) is 0 Å². The lowest BCUT2D eigenvalue weighted by atomic mass is 9.90. The van der Waals surface area contributed by atoms with Gasteiger partial charge in [-0.25, -0.2) is 0 Å². The zero-order valence-electron chi connectivity index (χ0n) is 9.61. The van der Waals surface area contributed by atoms with Crippen molar-refractivity contribution in [1.82, 2.24) is 10.3 Å². The molecule has 15 heavy (non-hydrogen) atoms. The second-order valence-corrected chi connectivity index (χ2v) is 4.76. The minimum Gasteiger partial charge on any atom is -0.306 e. The Labute approximate surface area is 92.1 Å².